The third kappa shape index (κ3) is 3.36. The van der Waals surface area contributed by atoms with E-state index in [1.54, 1.807) is 30.3 Å². The number of hydrogen-bond donors (Lipinski definition) is 1. The van der Waals surface area contributed by atoms with Crippen molar-refractivity contribution in [3.05, 3.63) is 34.9 Å². The molecule has 0 aliphatic rings. The van der Waals surface area contributed by atoms with Crippen molar-refractivity contribution in [1.29, 1.82) is 10.0 Å². The van der Waals surface area contributed by atoms with E-state index >= 15 is 0 Å². The van der Waals surface area contributed by atoms with Crippen LogP contribution in [0.2, 0.25) is 5.02 Å². The van der Waals surface area contributed by atoms with Gasteiger partial charge in [-0.05, 0) is 17.7 Å². The molecule has 1 rings (SSSR count). The number of rotatable bonds is 3. The van der Waals surface area contributed by atoms with Crippen LogP contribution in [-0.4, -0.2) is 9.96 Å². The first-order chi connectivity index (χ1) is 6.53. The maximum atomic E-state index is 11.5. The van der Waals surface area contributed by atoms with E-state index in [0.717, 1.165) is 5.56 Å². The topological polar surface area (TPSA) is 64.7 Å². The van der Waals surface area contributed by atoms with Gasteiger partial charge in [0, 0.05) is 5.02 Å². The molecule has 0 bridgehead atoms. The Balaban J connectivity index is 2.80. The highest BCUT2D eigenvalue weighted by Gasteiger charge is 2.06. The lowest BCUT2D eigenvalue weighted by atomic mass is 10.2. The Morgan fingerprint density at radius 2 is 2.00 bits per heavy atom. The molecule has 0 heterocycles. The molecule has 1 aromatic rings. The molecule has 0 aliphatic carbocycles. The van der Waals surface area contributed by atoms with Gasteiger partial charge < -0.3 is 0 Å². The van der Waals surface area contributed by atoms with E-state index in [1.807, 2.05) is 0 Å². The van der Waals surface area contributed by atoms with Gasteiger partial charge in [-0.15, -0.1) is 0 Å². The van der Waals surface area contributed by atoms with Crippen LogP contribution in [0.4, 0.5) is 0 Å². The highest BCUT2D eigenvalue weighted by atomic mass is 35.5. The van der Waals surface area contributed by atoms with Crippen molar-refractivity contribution in [2.75, 3.05) is 5.75 Å². The van der Waals surface area contributed by atoms with Crippen LogP contribution in [-0.2, 0) is 15.5 Å². The average molecular weight is 229 g/mol. The molecule has 0 spiro atoms. The first kappa shape index (κ1) is 11.0. The summed E-state index contributed by atoms with van der Waals surface area (Å²) in [6, 6.07) is 8.54. The van der Waals surface area contributed by atoms with E-state index in [-0.39, 0.29) is 11.5 Å². The van der Waals surface area contributed by atoms with Crippen molar-refractivity contribution < 1.29 is 4.21 Å². The van der Waals surface area contributed by atoms with Gasteiger partial charge in [-0.3, -0.25) is 4.78 Å². The van der Waals surface area contributed by atoms with E-state index in [9.17, 15) is 4.21 Å². The molecule has 1 aromatic carbocycles. The first-order valence-electron chi connectivity index (χ1n) is 3.89. The molecule has 0 fully saturated rings. The van der Waals surface area contributed by atoms with Crippen molar-refractivity contribution >= 4 is 21.3 Å². The van der Waals surface area contributed by atoms with Crippen LogP contribution in [0, 0.1) is 16.1 Å². The summed E-state index contributed by atoms with van der Waals surface area (Å²) in [4.78, 5) is 0. The van der Waals surface area contributed by atoms with E-state index in [0.29, 0.717) is 5.02 Å². The second-order valence-corrected chi connectivity index (χ2v) is 5.52. The summed E-state index contributed by atoms with van der Waals surface area (Å²) in [6.07, 6.45) is 0. The second kappa shape index (κ2) is 4.45. The van der Waals surface area contributed by atoms with Crippen molar-refractivity contribution in [2.45, 2.75) is 5.75 Å². The average Bonchev–Trinajstić information content (AvgIpc) is 2.08. The molecule has 74 valence electrons. The molecule has 0 saturated carbocycles. The minimum Gasteiger partial charge on any atom is -0.252 e. The Kier molecular flexibility index (Phi) is 3.50. The maximum absolute atomic E-state index is 11.5. The molecule has 5 heteroatoms. The normalized spacial score (nSPS) is 14.3. The smallest absolute Gasteiger partial charge is 0.119 e. The van der Waals surface area contributed by atoms with E-state index in [4.69, 9.17) is 21.6 Å². The third-order valence-corrected chi connectivity index (χ3v) is 3.26. The zero-order valence-corrected chi connectivity index (χ0v) is 8.94. The Morgan fingerprint density at radius 1 is 1.43 bits per heavy atom. The van der Waals surface area contributed by atoms with Crippen molar-refractivity contribution in [3.8, 4) is 6.07 Å². The Bertz CT molecular complexity index is 445. The van der Waals surface area contributed by atoms with Crippen LogP contribution in [0.25, 0.3) is 0 Å². The molecule has 0 aliphatic heterocycles. The van der Waals surface area contributed by atoms with Gasteiger partial charge >= 0.3 is 0 Å². The number of nitriles is 1. The van der Waals surface area contributed by atoms with Gasteiger partial charge in [0.1, 0.15) is 5.75 Å². The van der Waals surface area contributed by atoms with E-state index in [2.05, 4.69) is 0 Å². The fourth-order valence-electron chi connectivity index (χ4n) is 1.01. The zero-order chi connectivity index (χ0) is 10.6. The monoisotopic (exact) mass is 228 g/mol. The minimum atomic E-state index is -2.80. The molecule has 0 saturated heterocycles. The first-order valence-corrected chi connectivity index (χ1v) is 6.16. The Labute approximate surface area is 88.3 Å². The number of nitrogens with zero attached hydrogens (tertiary/aromatic N) is 1. The number of nitrogens with one attached hydrogen (secondary N) is 1. The molecule has 1 atom stereocenters. The largest absolute Gasteiger partial charge is 0.252 e. The van der Waals surface area contributed by atoms with Gasteiger partial charge in [0.05, 0.1) is 21.6 Å². The van der Waals surface area contributed by atoms with Crippen LogP contribution in [0.15, 0.2) is 24.3 Å². The Morgan fingerprint density at radius 3 is 2.50 bits per heavy atom. The lowest BCUT2D eigenvalue weighted by Gasteiger charge is -2.02. The summed E-state index contributed by atoms with van der Waals surface area (Å²) in [7, 11) is -2.80. The van der Waals surface area contributed by atoms with E-state index in [1.165, 1.54) is 0 Å². The summed E-state index contributed by atoms with van der Waals surface area (Å²) in [6.45, 7) is 0. The number of halogens is 1. The standard InChI is InChI=1S/C9H9ClN2OS/c10-9-3-1-8(2-4-9)7-14(12,13)6-5-11/h1-4,12H,6-7H2. The SMILES string of the molecule is N#CCS(=N)(=O)Cc1ccc(Cl)cc1. The number of hydrogen-bond acceptors (Lipinski definition) is 3. The van der Waals surface area contributed by atoms with Crippen LogP contribution in [0.1, 0.15) is 5.56 Å². The van der Waals surface area contributed by atoms with Gasteiger partial charge in [0.25, 0.3) is 0 Å². The van der Waals surface area contributed by atoms with E-state index < -0.39 is 9.73 Å². The van der Waals surface area contributed by atoms with Crippen LogP contribution in [0.3, 0.4) is 0 Å². The lowest BCUT2D eigenvalue weighted by molar-refractivity contribution is 0.676. The van der Waals surface area contributed by atoms with Gasteiger partial charge in [-0.1, -0.05) is 23.7 Å². The molecule has 3 nitrogen and oxygen atoms in total. The molecule has 1 unspecified atom stereocenters. The second-order valence-electron chi connectivity index (χ2n) is 2.89. The third-order valence-electron chi connectivity index (χ3n) is 1.61. The fourth-order valence-corrected chi connectivity index (χ4v) is 2.17. The lowest BCUT2D eigenvalue weighted by Crippen LogP contribution is -2.05. The molecular formula is C9H9ClN2OS. The predicted octanol–water partition coefficient (Wildman–Crippen LogP) is 2.41. The molecule has 1 N–H and O–H groups in total. The van der Waals surface area contributed by atoms with Gasteiger partial charge in [-0.2, -0.15) is 5.26 Å². The molecular weight excluding hydrogens is 220 g/mol. The summed E-state index contributed by atoms with van der Waals surface area (Å²) < 4.78 is 18.8. The van der Waals surface area contributed by atoms with Crippen LogP contribution >= 0.6 is 11.6 Å². The van der Waals surface area contributed by atoms with Crippen molar-refractivity contribution in [3.63, 3.8) is 0 Å². The minimum absolute atomic E-state index is 0.109. The Hall–Kier alpha value is -1.05. The molecule has 0 radical (unpaired) electrons. The predicted molar refractivity (Wildman–Crippen MR) is 56.5 cm³/mol. The highest BCUT2D eigenvalue weighted by Crippen LogP contribution is 2.12. The summed E-state index contributed by atoms with van der Waals surface area (Å²) in [5.41, 5.74) is 0.768. The summed E-state index contributed by atoms with van der Waals surface area (Å²) in [5, 5.41) is 8.96. The summed E-state index contributed by atoms with van der Waals surface area (Å²) in [5.74, 6) is -0.118. The zero-order valence-electron chi connectivity index (χ0n) is 7.37. The van der Waals surface area contributed by atoms with Crippen molar-refractivity contribution in [2.24, 2.45) is 0 Å². The highest BCUT2D eigenvalue weighted by molar-refractivity contribution is 7.91. The van der Waals surface area contributed by atoms with Crippen LogP contribution < -0.4 is 0 Å². The molecule has 0 aromatic heterocycles. The fraction of sp³-hybridized carbons (Fsp3) is 0.222. The van der Waals surface area contributed by atoms with Crippen LogP contribution in [0.5, 0.6) is 0 Å². The maximum Gasteiger partial charge on any atom is 0.119 e. The molecule has 14 heavy (non-hydrogen) atoms. The summed E-state index contributed by atoms with van der Waals surface area (Å²) >= 11 is 5.67. The van der Waals surface area contributed by atoms with Gasteiger partial charge in [0.2, 0.25) is 0 Å². The van der Waals surface area contributed by atoms with Gasteiger partial charge in [0.15, 0.2) is 0 Å². The quantitative estimate of drug-likeness (QED) is 0.864. The molecule has 0 amide bonds. The van der Waals surface area contributed by atoms with Crippen molar-refractivity contribution in [1.82, 2.24) is 0 Å². The number of benzene rings is 1. The van der Waals surface area contributed by atoms with Gasteiger partial charge in [-0.25, -0.2) is 4.21 Å².